The Morgan fingerprint density at radius 3 is 2.68 bits per heavy atom. The van der Waals surface area contributed by atoms with Gasteiger partial charge in [-0.25, -0.2) is 0 Å². The van der Waals surface area contributed by atoms with Crippen LogP contribution in [0.2, 0.25) is 0 Å². The highest BCUT2D eigenvalue weighted by Crippen LogP contribution is 2.27. The first kappa shape index (κ1) is 13.7. The highest BCUT2D eigenvalue weighted by Gasteiger charge is 2.22. The minimum atomic E-state index is -0.415. The predicted molar refractivity (Wildman–Crippen MR) is 76.2 cm³/mol. The Bertz CT molecular complexity index is 454. The largest absolute Gasteiger partial charge is 0.399 e. The Hall–Kier alpha value is -1.75. The lowest BCUT2D eigenvalue weighted by molar-refractivity contribution is 0.0459. The number of carbonyl (C=O) groups excluding carboxylic acids is 1. The van der Waals surface area contributed by atoms with Crippen LogP contribution < -0.4 is 16.4 Å². The maximum absolute atomic E-state index is 11.5. The molecule has 0 bridgehead atoms. The molecule has 1 aromatic carbocycles. The summed E-state index contributed by atoms with van der Waals surface area (Å²) in [7, 11) is 0. The van der Waals surface area contributed by atoms with Gasteiger partial charge < -0.3 is 21.1 Å². The fraction of sp³-hybridized carbons (Fsp3) is 0.500. The number of carbonyl (C=O) groups is 1. The minimum absolute atomic E-state index is 0.319. The van der Waals surface area contributed by atoms with Crippen molar-refractivity contribution in [2.75, 3.05) is 30.3 Å². The SMILES string of the molecule is CCOC1CCN(c2cc(N)ccc2C(N)=O)CC1. The highest BCUT2D eigenvalue weighted by atomic mass is 16.5. The van der Waals surface area contributed by atoms with Crippen molar-refractivity contribution in [1.82, 2.24) is 0 Å². The fourth-order valence-corrected chi connectivity index (χ4v) is 2.52. The van der Waals surface area contributed by atoms with Crippen molar-refractivity contribution in [3.63, 3.8) is 0 Å². The van der Waals surface area contributed by atoms with E-state index < -0.39 is 5.91 Å². The van der Waals surface area contributed by atoms with Gasteiger partial charge in [0.15, 0.2) is 0 Å². The topological polar surface area (TPSA) is 81.6 Å². The number of primary amides is 1. The first-order valence-electron chi connectivity index (χ1n) is 6.67. The molecule has 1 saturated heterocycles. The second-order valence-corrected chi connectivity index (χ2v) is 4.78. The van der Waals surface area contributed by atoms with Crippen molar-refractivity contribution in [3.8, 4) is 0 Å². The Kier molecular flexibility index (Phi) is 4.27. The molecule has 1 fully saturated rings. The lowest BCUT2D eigenvalue weighted by atomic mass is 10.0. The standard InChI is InChI=1S/C14H21N3O2/c1-2-19-11-5-7-17(8-6-11)13-9-10(15)3-4-12(13)14(16)18/h3-4,9,11H,2,5-8,15H2,1H3,(H2,16,18). The highest BCUT2D eigenvalue weighted by molar-refractivity contribution is 5.99. The molecule has 1 aliphatic rings. The van der Waals surface area contributed by atoms with E-state index in [2.05, 4.69) is 4.90 Å². The van der Waals surface area contributed by atoms with Gasteiger partial charge in [0.2, 0.25) is 0 Å². The van der Waals surface area contributed by atoms with Crippen molar-refractivity contribution < 1.29 is 9.53 Å². The minimum Gasteiger partial charge on any atom is -0.399 e. The van der Waals surface area contributed by atoms with Crippen LogP contribution in [-0.4, -0.2) is 31.7 Å². The maximum atomic E-state index is 11.5. The van der Waals surface area contributed by atoms with Gasteiger partial charge in [-0.1, -0.05) is 0 Å². The van der Waals surface area contributed by atoms with Crippen LogP contribution >= 0.6 is 0 Å². The number of hydrogen-bond donors (Lipinski definition) is 2. The van der Waals surface area contributed by atoms with Gasteiger partial charge in [0.25, 0.3) is 5.91 Å². The summed E-state index contributed by atoms with van der Waals surface area (Å²) in [6.07, 6.45) is 2.24. The van der Waals surface area contributed by atoms with Crippen LogP contribution in [-0.2, 0) is 4.74 Å². The average Bonchev–Trinajstić information content (AvgIpc) is 2.39. The van der Waals surface area contributed by atoms with Crippen LogP contribution in [0.1, 0.15) is 30.1 Å². The van der Waals surface area contributed by atoms with Crippen molar-refractivity contribution in [2.45, 2.75) is 25.9 Å². The summed E-state index contributed by atoms with van der Waals surface area (Å²) in [5, 5.41) is 0. The smallest absolute Gasteiger partial charge is 0.250 e. The third-order valence-corrected chi connectivity index (χ3v) is 3.47. The summed E-state index contributed by atoms with van der Waals surface area (Å²) < 4.78 is 5.63. The van der Waals surface area contributed by atoms with E-state index in [4.69, 9.17) is 16.2 Å². The number of ether oxygens (including phenoxy) is 1. The number of anilines is 2. The first-order valence-corrected chi connectivity index (χ1v) is 6.67. The van der Waals surface area contributed by atoms with E-state index >= 15 is 0 Å². The molecule has 104 valence electrons. The van der Waals surface area contributed by atoms with Crippen LogP contribution in [0.4, 0.5) is 11.4 Å². The van der Waals surface area contributed by atoms with Crippen LogP contribution in [0, 0.1) is 0 Å². The molecule has 1 aliphatic heterocycles. The molecule has 1 heterocycles. The van der Waals surface area contributed by atoms with E-state index in [9.17, 15) is 4.79 Å². The van der Waals surface area contributed by atoms with Gasteiger partial charge in [-0.2, -0.15) is 0 Å². The number of piperidine rings is 1. The second-order valence-electron chi connectivity index (χ2n) is 4.78. The molecular weight excluding hydrogens is 242 g/mol. The molecule has 19 heavy (non-hydrogen) atoms. The summed E-state index contributed by atoms with van der Waals surface area (Å²) in [5.41, 5.74) is 13.2. The van der Waals surface area contributed by atoms with E-state index in [0.717, 1.165) is 38.2 Å². The molecule has 0 aliphatic carbocycles. The quantitative estimate of drug-likeness (QED) is 0.804. The molecule has 0 aromatic heterocycles. The summed E-state index contributed by atoms with van der Waals surface area (Å²) in [6.45, 7) is 4.47. The van der Waals surface area contributed by atoms with Crippen LogP contribution in [0.25, 0.3) is 0 Å². The number of benzene rings is 1. The molecule has 5 nitrogen and oxygen atoms in total. The van der Waals surface area contributed by atoms with Gasteiger partial charge in [0.1, 0.15) is 0 Å². The molecule has 0 atom stereocenters. The van der Waals surface area contributed by atoms with Crippen LogP contribution in [0.15, 0.2) is 18.2 Å². The Morgan fingerprint density at radius 2 is 2.11 bits per heavy atom. The summed E-state index contributed by atoms with van der Waals surface area (Å²) in [4.78, 5) is 13.6. The third-order valence-electron chi connectivity index (χ3n) is 3.47. The number of hydrogen-bond acceptors (Lipinski definition) is 4. The zero-order valence-electron chi connectivity index (χ0n) is 11.3. The van der Waals surface area contributed by atoms with Crippen molar-refractivity contribution >= 4 is 17.3 Å². The number of nitrogens with zero attached hydrogens (tertiary/aromatic N) is 1. The van der Waals surface area contributed by atoms with Gasteiger partial charge in [0.05, 0.1) is 17.4 Å². The van der Waals surface area contributed by atoms with E-state index in [1.807, 2.05) is 13.0 Å². The molecule has 0 spiro atoms. The fourth-order valence-electron chi connectivity index (χ4n) is 2.52. The number of nitrogen functional groups attached to an aromatic ring is 1. The van der Waals surface area contributed by atoms with Crippen LogP contribution in [0.5, 0.6) is 0 Å². The zero-order chi connectivity index (χ0) is 13.8. The van der Waals surface area contributed by atoms with E-state index in [1.54, 1.807) is 12.1 Å². The Labute approximate surface area is 113 Å². The lowest BCUT2D eigenvalue weighted by Crippen LogP contribution is -2.38. The normalized spacial score (nSPS) is 16.6. The Balaban J connectivity index is 2.14. The van der Waals surface area contributed by atoms with Crippen molar-refractivity contribution in [3.05, 3.63) is 23.8 Å². The molecular formula is C14H21N3O2. The molecule has 1 aromatic rings. The molecule has 2 rings (SSSR count). The number of amides is 1. The Morgan fingerprint density at radius 1 is 1.42 bits per heavy atom. The van der Waals surface area contributed by atoms with Gasteiger partial charge >= 0.3 is 0 Å². The third kappa shape index (κ3) is 3.17. The zero-order valence-corrected chi connectivity index (χ0v) is 11.3. The van der Waals surface area contributed by atoms with E-state index in [0.29, 0.717) is 17.4 Å². The molecule has 0 radical (unpaired) electrons. The predicted octanol–water partition coefficient (Wildman–Crippen LogP) is 1.37. The van der Waals surface area contributed by atoms with E-state index in [-0.39, 0.29) is 0 Å². The summed E-state index contributed by atoms with van der Waals surface area (Å²) in [6, 6.07) is 5.22. The van der Waals surface area contributed by atoms with Crippen LogP contribution in [0.3, 0.4) is 0 Å². The summed E-state index contributed by atoms with van der Waals surface area (Å²) in [5.74, 6) is -0.415. The molecule has 5 heteroatoms. The number of rotatable bonds is 4. The van der Waals surface area contributed by atoms with Gasteiger partial charge in [-0.05, 0) is 38.0 Å². The van der Waals surface area contributed by atoms with E-state index in [1.165, 1.54) is 0 Å². The summed E-state index contributed by atoms with van der Waals surface area (Å²) >= 11 is 0. The molecule has 4 N–H and O–H groups in total. The second kappa shape index (κ2) is 5.93. The maximum Gasteiger partial charge on any atom is 0.250 e. The molecule has 1 amide bonds. The van der Waals surface area contributed by atoms with Crippen molar-refractivity contribution in [2.24, 2.45) is 5.73 Å². The molecule has 0 unspecified atom stereocenters. The van der Waals surface area contributed by atoms with Gasteiger partial charge in [0, 0.05) is 25.4 Å². The molecule has 0 saturated carbocycles. The van der Waals surface area contributed by atoms with Gasteiger partial charge in [-0.3, -0.25) is 4.79 Å². The monoisotopic (exact) mass is 263 g/mol. The first-order chi connectivity index (χ1) is 9.11. The van der Waals surface area contributed by atoms with Crippen molar-refractivity contribution in [1.29, 1.82) is 0 Å². The van der Waals surface area contributed by atoms with Gasteiger partial charge in [-0.15, -0.1) is 0 Å². The average molecular weight is 263 g/mol. The number of nitrogens with two attached hydrogens (primary N) is 2. The lowest BCUT2D eigenvalue weighted by Gasteiger charge is -2.34.